The fourth-order valence-corrected chi connectivity index (χ4v) is 1.96. The Morgan fingerprint density at radius 3 is 2.47 bits per heavy atom. The Balaban J connectivity index is 2.41. The Labute approximate surface area is 104 Å². The quantitative estimate of drug-likeness (QED) is 0.821. The maximum atomic E-state index is 11.6. The Kier molecular flexibility index (Phi) is 3.13. The minimum absolute atomic E-state index is 0.132. The van der Waals surface area contributed by atoms with Crippen LogP contribution < -0.4 is 20.1 Å². The monoisotopic (exact) mass is 256 g/mol. The van der Waals surface area contributed by atoms with E-state index in [0.717, 1.165) is 0 Å². The molecule has 1 aliphatic rings. The number of rotatable bonds is 3. The third kappa shape index (κ3) is 1.92. The fraction of sp³-hybridized carbons (Fsp3) is 0.364. The van der Waals surface area contributed by atoms with E-state index in [-0.39, 0.29) is 5.91 Å². The Hall–Kier alpha value is -1.46. The van der Waals surface area contributed by atoms with Crippen LogP contribution in [0, 0.1) is 0 Å². The Bertz CT molecular complexity index is 464. The van der Waals surface area contributed by atoms with Gasteiger partial charge < -0.3 is 20.1 Å². The SMILES string of the molecule is COc1cc(N2CC(N)C2=O)c(OC)cc1Cl. The summed E-state index contributed by atoms with van der Waals surface area (Å²) in [5.74, 6) is 0.888. The van der Waals surface area contributed by atoms with Crippen molar-refractivity contribution in [2.24, 2.45) is 5.73 Å². The zero-order chi connectivity index (χ0) is 12.6. The predicted octanol–water partition coefficient (Wildman–Crippen LogP) is 1.03. The summed E-state index contributed by atoms with van der Waals surface area (Å²) in [7, 11) is 3.03. The van der Waals surface area contributed by atoms with Gasteiger partial charge in [0.15, 0.2) is 0 Å². The van der Waals surface area contributed by atoms with E-state index in [0.29, 0.717) is 28.8 Å². The van der Waals surface area contributed by atoms with Gasteiger partial charge in [-0.25, -0.2) is 0 Å². The largest absolute Gasteiger partial charge is 0.495 e. The van der Waals surface area contributed by atoms with E-state index < -0.39 is 6.04 Å². The molecule has 1 saturated heterocycles. The van der Waals surface area contributed by atoms with Crippen molar-refractivity contribution in [3.8, 4) is 11.5 Å². The van der Waals surface area contributed by atoms with Crippen LogP contribution >= 0.6 is 11.6 Å². The van der Waals surface area contributed by atoms with Gasteiger partial charge in [0.1, 0.15) is 17.5 Å². The van der Waals surface area contributed by atoms with Gasteiger partial charge in [-0.05, 0) is 0 Å². The molecule has 2 N–H and O–H groups in total. The molecule has 5 nitrogen and oxygen atoms in total. The van der Waals surface area contributed by atoms with Crippen molar-refractivity contribution < 1.29 is 14.3 Å². The number of β-lactam (4-membered cyclic amide) rings is 1. The number of carbonyl (C=O) groups is 1. The van der Waals surface area contributed by atoms with Crippen molar-refractivity contribution in [3.63, 3.8) is 0 Å². The second-order valence-corrected chi connectivity index (χ2v) is 4.12. The standard InChI is InChI=1S/C11H13ClN2O3/c1-16-9-4-8(10(17-2)3-6(9)12)14-5-7(13)11(14)15/h3-4,7H,5,13H2,1-2H3. The number of hydrogen-bond acceptors (Lipinski definition) is 4. The summed E-state index contributed by atoms with van der Waals surface area (Å²) in [5.41, 5.74) is 6.18. The number of methoxy groups -OCH3 is 2. The van der Waals surface area contributed by atoms with Gasteiger partial charge in [-0.1, -0.05) is 11.6 Å². The molecular formula is C11H13ClN2O3. The number of hydrogen-bond donors (Lipinski definition) is 1. The van der Waals surface area contributed by atoms with Crippen LogP contribution in [0.1, 0.15) is 0 Å². The first-order valence-electron chi connectivity index (χ1n) is 5.07. The molecular weight excluding hydrogens is 244 g/mol. The average molecular weight is 257 g/mol. The maximum Gasteiger partial charge on any atom is 0.245 e. The molecule has 0 saturated carbocycles. The smallest absolute Gasteiger partial charge is 0.245 e. The number of nitrogens with two attached hydrogens (primary N) is 1. The van der Waals surface area contributed by atoms with Crippen molar-refractivity contribution in [1.29, 1.82) is 0 Å². The summed E-state index contributed by atoms with van der Waals surface area (Å²) < 4.78 is 10.3. The number of nitrogens with zero attached hydrogens (tertiary/aromatic N) is 1. The lowest BCUT2D eigenvalue weighted by Gasteiger charge is -2.36. The molecule has 0 aromatic heterocycles. The number of ether oxygens (including phenoxy) is 2. The van der Waals surface area contributed by atoms with Crippen LogP contribution in [-0.2, 0) is 4.79 Å². The molecule has 1 unspecified atom stereocenters. The molecule has 17 heavy (non-hydrogen) atoms. The molecule has 1 aromatic rings. The molecule has 6 heteroatoms. The lowest BCUT2D eigenvalue weighted by molar-refractivity contribution is -0.123. The Morgan fingerprint density at radius 2 is 2.00 bits per heavy atom. The second kappa shape index (κ2) is 4.43. The third-order valence-corrected chi connectivity index (χ3v) is 3.00. The fourth-order valence-electron chi connectivity index (χ4n) is 1.72. The highest BCUT2D eigenvalue weighted by Crippen LogP contribution is 2.39. The molecule has 0 bridgehead atoms. The van der Waals surface area contributed by atoms with E-state index in [1.165, 1.54) is 14.2 Å². The zero-order valence-electron chi connectivity index (χ0n) is 9.57. The van der Waals surface area contributed by atoms with Gasteiger partial charge in [0, 0.05) is 12.1 Å². The molecule has 1 aliphatic heterocycles. The molecule has 0 aliphatic carbocycles. The molecule has 1 heterocycles. The van der Waals surface area contributed by atoms with E-state index in [9.17, 15) is 4.79 Å². The van der Waals surface area contributed by atoms with Crippen LogP contribution in [0.3, 0.4) is 0 Å². The molecule has 2 rings (SSSR count). The molecule has 92 valence electrons. The summed E-state index contributed by atoms with van der Waals surface area (Å²) >= 11 is 5.98. The highest BCUT2D eigenvalue weighted by Gasteiger charge is 2.36. The molecule has 0 spiro atoms. The number of amides is 1. The van der Waals surface area contributed by atoms with Gasteiger partial charge in [-0.3, -0.25) is 4.79 Å². The van der Waals surface area contributed by atoms with Gasteiger partial charge in [0.05, 0.1) is 31.5 Å². The molecule has 1 atom stereocenters. The first-order valence-corrected chi connectivity index (χ1v) is 5.44. The second-order valence-electron chi connectivity index (χ2n) is 3.71. The first kappa shape index (κ1) is 12.0. The topological polar surface area (TPSA) is 64.8 Å². The van der Waals surface area contributed by atoms with Crippen LogP contribution in [0.4, 0.5) is 5.69 Å². The highest BCUT2D eigenvalue weighted by atomic mass is 35.5. The summed E-state index contributed by atoms with van der Waals surface area (Å²) in [6, 6.07) is 2.86. The van der Waals surface area contributed by atoms with Crippen molar-refractivity contribution in [1.82, 2.24) is 0 Å². The normalized spacial score (nSPS) is 18.9. The highest BCUT2D eigenvalue weighted by molar-refractivity contribution is 6.32. The third-order valence-electron chi connectivity index (χ3n) is 2.71. The van der Waals surface area contributed by atoms with Crippen molar-refractivity contribution in [2.45, 2.75) is 6.04 Å². The lowest BCUT2D eigenvalue weighted by atomic mass is 10.1. The van der Waals surface area contributed by atoms with Crippen molar-refractivity contribution in [3.05, 3.63) is 17.2 Å². The number of carbonyl (C=O) groups excluding carboxylic acids is 1. The average Bonchev–Trinajstić information content (AvgIpc) is 2.35. The van der Waals surface area contributed by atoms with E-state index in [4.69, 9.17) is 26.8 Å². The van der Waals surface area contributed by atoms with Crippen LogP contribution in [-0.4, -0.2) is 32.7 Å². The number of benzene rings is 1. The minimum Gasteiger partial charge on any atom is -0.495 e. The molecule has 1 aromatic carbocycles. The van der Waals surface area contributed by atoms with E-state index in [2.05, 4.69) is 0 Å². The van der Waals surface area contributed by atoms with Gasteiger partial charge >= 0.3 is 0 Å². The van der Waals surface area contributed by atoms with Crippen LogP contribution in [0.2, 0.25) is 5.02 Å². The van der Waals surface area contributed by atoms with E-state index in [1.54, 1.807) is 17.0 Å². The Morgan fingerprint density at radius 1 is 1.35 bits per heavy atom. The molecule has 1 amide bonds. The summed E-state index contributed by atoms with van der Waals surface area (Å²) in [4.78, 5) is 13.1. The summed E-state index contributed by atoms with van der Waals surface area (Å²) in [6.45, 7) is 0.472. The summed E-state index contributed by atoms with van der Waals surface area (Å²) in [6.07, 6.45) is 0. The van der Waals surface area contributed by atoms with Crippen LogP contribution in [0.25, 0.3) is 0 Å². The van der Waals surface area contributed by atoms with E-state index >= 15 is 0 Å². The maximum absolute atomic E-state index is 11.6. The molecule has 1 fully saturated rings. The summed E-state index contributed by atoms with van der Waals surface area (Å²) in [5, 5.41) is 0.436. The van der Waals surface area contributed by atoms with Crippen molar-refractivity contribution in [2.75, 3.05) is 25.7 Å². The zero-order valence-corrected chi connectivity index (χ0v) is 10.3. The van der Waals surface area contributed by atoms with Gasteiger partial charge in [0.2, 0.25) is 5.91 Å². The number of anilines is 1. The predicted molar refractivity (Wildman–Crippen MR) is 64.9 cm³/mol. The van der Waals surface area contributed by atoms with Crippen molar-refractivity contribution >= 4 is 23.2 Å². The molecule has 0 radical (unpaired) electrons. The van der Waals surface area contributed by atoms with Crippen LogP contribution in [0.5, 0.6) is 11.5 Å². The number of halogens is 1. The minimum atomic E-state index is -0.429. The van der Waals surface area contributed by atoms with Crippen LogP contribution in [0.15, 0.2) is 12.1 Å². The van der Waals surface area contributed by atoms with E-state index in [1.807, 2.05) is 0 Å². The van der Waals surface area contributed by atoms with Gasteiger partial charge in [-0.2, -0.15) is 0 Å². The first-order chi connectivity index (χ1) is 8.08. The van der Waals surface area contributed by atoms with Gasteiger partial charge in [-0.15, -0.1) is 0 Å². The lowest BCUT2D eigenvalue weighted by Crippen LogP contribution is -2.61. The van der Waals surface area contributed by atoms with Gasteiger partial charge in [0.25, 0.3) is 0 Å².